The van der Waals surface area contributed by atoms with Crippen molar-refractivity contribution in [3.8, 4) is 5.75 Å². The first-order chi connectivity index (χ1) is 11.1. The minimum absolute atomic E-state index is 0.0349. The van der Waals surface area contributed by atoms with Crippen LogP contribution >= 0.6 is 11.6 Å². The SMILES string of the molecule is O=[N+]([O-])c1ccc(OC2CCN(c3ccccn3)CC2)c(Cl)c1. The Bertz CT molecular complexity index is 688. The maximum absolute atomic E-state index is 10.7. The number of ether oxygens (including phenoxy) is 1. The zero-order chi connectivity index (χ0) is 16.2. The van der Waals surface area contributed by atoms with E-state index in [9.17, 15) is 10.1 Å². The molecule has 7 heteroatoms. The largest absolute Gasteiger partial charge is 0.489 e. The van der Waals surface area contributed by atoms with Crippen LogP contribution in [0.5, 0.6) is 5.75 Å². The lowest BCUT2D eigenvalue weighted by Gasteiger charge is -2.33. The number of pyridine rings is 1. The lowest BCUT2D eigenvalue weighted by Crippen LogP contribution is -2.38. The summed E-state index contributed by atoms with van der Waals surface area (Å²) in [6, 6.07) is 10.2. The molecule has 1 aliphatic rings. The second kappa shape index (κ2) is 6.83. The molecule has 1 aromatic carbocycles. The van der Waals surface area contributed by atoms with Crippen LogP contribution in [0.25, 0.3) is 0 Å². The molecule has 0 aliphatic carbocycles. The van der Waals surface area contributed by atoms with Gasteiger partial charge in [0.2, 0.25) is 0 Å². The molecule has 120 valence electrons. The van der Waals surface area contributed by atoms with Crippen LogP contribution in [0.1, 0.15) is 12.8 Å². The van der Waals surface area contributed by atoms with Crippen LogP contribution in [-0.2, 0) is 0 Å². The van der Waals surface area contributed by atoms with Gasteiger partial charge in [0.1, 0.15) is 17.7 Å². The summed E-state index contributed by atoms with van der Waals surface area (Å²) in [5.41, 5.74) is -0.0349. The summed E-state index contributed by atoms with van der Waals surface area (Å²) in [5, 5.41) is 11.0. The molecule has 6 nitrogen and oxygen atoms in total. The Labute approximate surface area is 138 Å². The summed E-state index contributed by atoms with van der Waals surface area (Å²) in [6.45, 7) is 1.71. The first-order valence-electron chi connectivity index (χ1n) is 7.40. The third kappa shape index (κ3) is 3.71. The highest BCUT2D eigenvalue weighted by Gasteiger charge is 2.22. The van der Waals surface area contributed by atoms with Crippen molar-refractivity contribution < 1.29 is 9.66 Å². The lowest BCUT2D eigenvalue weighted by molar-refractivity contribution is -0.384. The van der Waals surface area contributed by atoms with Crippen LogP contribution in [0.3, 0.4) is 0 Å². The molecule has 1 fully saturated rings. The molecule has 2 aromatic rings. The fraction of sp³-hybridized carbons (Fsp3) is 0.312. The summed E-state index contributed by atoms with van der Waals surface area (Å²) in [4.78, 5) is 16.8. The third-order valence-corrected chi connectivity index (χ3v) is 4.13. The molecule has 0 saturated carbocycles. The number of halogens is 1. The van der Waals surface area contributed by atoms with Crippen molar-refractivity contribution in [1.29, 1.82) is 0 Å². The quantitative estimate of drug-likeness (QED) is 0.630. The van der Waals surface area contributed by atoms with Crippen molar-refractivity contribution in [2.75, 3.05) is 18.0 Å². The molecule has 0 bridgehead atoms. The number of nitro groups is 1. The van der Waals surface area contributed by atoms with Crippen LogP contribution in [0.2, 0.25) is 5.02 Å². The van der Waals surface area contributed by atoms with E-state index in [1.54, 1.807) is 12.3 Å². The number of anilines is 1. The van der Waals surface area contributed by atoms with E-state index >= 15 is 0 Å². The summed E-state index contributed by atoms with van der Waals surface area (Å²) in [7, 11) is 0. The molecule has 0 unspecified atom stereocenters. The van der Waals surface area contributed by atoms with Crippen molar-refractivity contribution in [3.63, 3.8) is 0 Å². The molecule has 0 amide bonds. The van der Waals surface area contributed by atoms with E-state index in [1.165, 1.54) is 12.1 Å². The molecule has 0 N–H and O–H groups in total. The van der Waals surface area contributed by atoms with E-state index in [-0.39, 0.29) is 16.8 Å². The fourth-order valence-corrected chi connectivity index (χ4v) is 2.84. The van der Waals surface area contributed by atoms with E-state index in [4.69, 9.17) is 16.3 Å². The summed E-state index contributed by atoms with van der Waals surface area (Å²) in [5.74, 6) is 1.47. The number of rotatable bonds is 4. The van der Waals surface area contributed by atoms with E-state index in [2.05, 4.69) is 9.88 Å². The van der Waals surface area contributed by atoms with Gasteiger partial charge in [0.25, 0.3) is 5.69 Å². The molecule has 0 atom stereocenters. The average molecular weight is 334 g/mol. The van der Waals surface area contributed by atoms with Gasteiger partial charge in [-0.3, -0.25) is 10.1 Å². The van der Waals surface area contributed by atoms with Gasteiger partial charge in [0.15, 0.2) is 0 Å². The van der Waals surface area contributed by atoms with Gasteiger partial charge in [-0.25, -0.2) is 4.98 Å². The Hall–Kier alpha value is -2.34. The van der Waals surface area contributed by atoms with Gasteiger partial charge in [0, 0.05) is 44.3 Å². The maximum atomic E-state index is 10.7. The summed E-state index contributed by atoms with van der Waals surface area (Å²) in [6.07, 6.45) is 3.54. The van der Waals surface area contributed by atoms with Crippen LogP contribution < -0.4 is 9.64 Å². The number of nitro benzene ring substituents is 1. The van der Waals surface area contributed by atoms with Crippen LogP contribution in [-0.4, -0.2) is 29.1 Å². The Morgan fingerprint density at radius 3 is 2.65 bits per heavy atom. The van der Waals surface area contributed by atoms with Gasteiger partial charge in [0.05, 0.1) is 9.95 Å². The van der Waals surface area contributed by atoms with E-state index in [0.29, 0.717) is 5.75 Å². The highest BCUT2D eigenvalue weighted by atomic mass is 35.5. The zero-order valence-corrected chi connectivity index (χ0v) is 13.1. The topological polar surface area (TPSA) is 68.5 Å². The Kier molecular flexibility index (Phi) is 4.62. The number of piperidine rings is 1. The van der Waals surface area contributed by atoms with Gasteiger partial charge in [-0.05, 0) is 18.2 Å². The van der Waals surface area contributed by atoms with Crippen molar-refractivity contribution in [3.05, 3.63) is 57.7 Å². The number of benzene rings is 1. The standard InChI is InChI=1S/C16H16ClN3O3/c17-14-11-12(20(21)22)4-5-15(14)23-13-6-9-19(10-7-13)16-3-1-2-8-18-16/h1-5,8,11,13H,6-7,9-10H2. The van der Waals surface area contributed by atoms with Gasteiger partial charge < -0.3 is 9.64 Å². The molecular formula is C16H16ClN3O3. The average Bonchev–Trinajstić information content (AvgIpc) is 2.58. The first-order valence-corrected chi connectivity index (χ1v) is 7.78. The first kappa shape index (κ1) is 15.6. The number of hydrogen-bond acceptors (Lipinski definition) is 5. The highest BCUT2D eigenvalue weighted by Crippen LogP contribution is 2.31. The Morgan fingerprint density at radius 2 is 2.04 bits per heavy atom. The second-order valence-corrected chi connectivity index (χ2v) is 5.77. The van der Waals surface area contributed by atoms with Crippen LogP contribution in [0, 0.1) is 10.1 Å². The predicted molar refractivity (Wildman–Crippen MR) is 88.2 cm³/mol. The van der Waals surface area contributed by atoms with Gasteiger partial charge in [-0.15, -0.1) is 0 Å². The van der Waals surface area contributed by atoms with Crippen molar-refractivity contribution in [2.45, 2.75) is 18.9 Å². The normalized spacial score (nSPS) is 15.4. The number of non-ortho nitro benzene ring substituents is 1. The van der Waals surface area contributed by atoms with E-state index in [1.807, 2.05) is 18.2 Å². The highest BCUT2D eigenvalue weighted by molar-refractivity contribution is 6.32. The van der Waals surface area contributed by atoms with Crippen molar-refractivity contribution in [2.24, 2.45) is 0 Å². The second-order valence-electron chi connectivity index (χ2n) is 5.36. The van der Waals surface area contributed by atoms with E-state index in [0.717, 1.165) is 31.7 Å². The Balaban J connectivity index is 1.60. The van der Waals surface area contributed by atoms with E-state index < -0.39 is 4.92 Å². The van der Waals surface area contributed by atoms with Crippen LogP contribution in [0.4, 0.5) is 11.5 Å². The maximum Gasteiger partial charge on any atom is 0.271 e. The minimum Gasteiger partial charge on any atom is -0.489 e. The third-order valence-electron chi connectivity index (χ3n) is 3.84. The van der Waals surface area contributed by atoms with Crippen molar-refractivity contribution in [1.82, 2.24) is 4.98 Å². The molecule has 3 rings (SSSR count). The molecule has 1 aliphatic heterocycles. The molecule has 1 saturated heterocycles. The monoisotopic (exact) mass is 333 g/mol. The van der Waals surface area contributed by atoms with Gasteiger partial charge in [-0.2, -0.15) is 0 Å². The number of aromatic nitrogens is 1. The molecule has 2 heterocycles. The lowest BCUT2D eigenvalue weighted by atomic mass is 10.1. The predicted octanol–water partition coefficient (Wildman–Crippen LogP) is 3.69. The molecule has 1 aromatic heterocycles. The molecule has 23 heavy (non-hydrogen) atoms. The molecule has 0 radical (unpaired) electrons. The number of nitrogens with zero attached hydrogens (tertiary/aromatic N) is 3. The minimum atomic E-state index is -0.471. The van der Waals surface area contributed by atoms with Gasteiger partial charge in [-0.1, -0.05) is 17.7 Å². The van der Waals surface area contributed by atoms with Crippen LogP contribution in [0.15, 0.2) is 42.6 Å². The summed E-state index contributed by atoms with van der Waals surface area (Å²) >= 11 is 6.07. The smallest absolute Gasteiger partial charge is 0.271 e. The number of hydrogen-bond donors (Lipinski definition) is 0. The molecular weight excluding hydrogens is 318 g/mol. The fourth-order valence-electron chi connectivity index (χ4n) is 2.62. The van der Waals surface area contributed by atoms with Gasteiger partial charge >= 0.3 is 0 Å². The zero-order valence-electron chi connectivity index (χ0n) is 12.4. The summed E-state index contributed by atoms with van der Waals surface area (Å²) < 4.78 is 5.90. The molecule has 0 spiro atoms. The Morgan fingerprint density at radius 1 is 1.26 bits per heavy atom. The van der Waals surface area contributed by atoms with Crippen molar-refractivity contribution >= 4 is 23.1 Å².